The first-order valence-corrected chi connectivity index (χ1v) is 10.2. The van der Waals surface area contributed by atoms with Crippen molar-refractivity contribution in [3.8, 4) is 22.8 Å². The second-order valence-electron chi connectivity index (χ2n) is 6.56. The highest BCUT2D eigenvalue weighted by Crippen LogP contribution is 2.34. The average Bonchev–Trinajstić information content (AvgIpc) is 3.17. The van der Waals surface area contributed by atoms with Gasteiger partial charge in [-0.2, -0.15) is 0 Å². The Kier molecular flexibility index (Phi) is 5.62. The first-order chi connectivity index (χ1) is 14.2. The van der Waals surface area contributed by atoms with Crippen LogP contribution in [0.4, 0.5) is 4.39 Å². The lowest BCUT2D eigenvalue weighted by Gasteiger charge is -2.13. The van der Waals surface area contributed by atoms with E-state index in [0.717, 1.165) is 22.6 Å². The molecule has 0 atom stereocenters. The number of para-hydroxylation sites is 1. The summed E-state index contributed by atoms with van der Waals surface area (Å²) in [5, 5.41) is 9.56. The fourth-order valence-corrected chi connectivity index (χ4v) is 4.06. The Morgan fingerprint density at radius 3 is 2.55 bits per heavy atom. The average molecular weight is 405 g/mol. The van der Waals surface area contributed by atoms with Gasteiger partial charge in [0.05, 0.1) is 12.7 Å². The van der Waals surface area contributed by atoms with Crippen LogP contribution in [-0.2, 0) is 5.75 Å². The van der Waals surface area contributed by atoms with Gasteiger partial charge in [0.15, 0.2) is 11.0 Å². The van der Waals surface area contributed by atoms with E-state index < -0.39 is 0 Å². The number of hydrogen-bond donors (Lipinski definition) is 0. The Hall–Kier alpha value is -3.12. The van der Waals surface area contributed by atoms with E-state index in [1.165, 1.54) is 17.8 Å². The summed E-state index contributed by atoms with van der Waals surface area (Å²) in [5.74, 6) is 1.65. The van der Waals surface area contributed by atoms with E-state index in [0.29, 0.717) is 22.3 Å². The monoisotopic (exact) mass is 405 g/mol. The fourth-order valence-electron chi connectivity index (χ4n) is 3.12. The third kappa shape index (κ3) is 4.03. The molecule has 0 bridgehead atoms. The molecule has 1 heterocycles. The number of hydrogen-bond acceptors (Lipinski definition) is 4. The largest absolute Gasteiger partial charge is 0.496 e. The van der Waals surface area contributed by atoms with Crippen LogP contribution in [0.15, 0.2) is 78.0 Å². The van der Waals surface area contributed by atoms with Gasteiger partial charge in [-0.05, 0) is 48.4 Å². The number of rotatable bonds is 6. The summed E-state index contributed by atoms with van der Waals surface area (Å²) in [7, 11) is 1.64. The number of benzene rings is 3. The van der Waals surface area contributed by atoms with E-state index in [1.807, 2.05) is 60.0 Å². The third-order valence-electron chi connectivity index (χ3n) is 4.56. The van der Waals surface area contributed by atoms with Crippen molar-refractivity contribution in [3.05, 3.63) is 89.7 Å². The molecule has 146 valence electrons. The number of nitrogens with zero attached hydrogens (tertiary/aromatic N) is 3. The van der Waals surface area contributed by atoms with Gasteiger partial charge >= 0.3 is 0 Å². The number of aryl methyl sites for hydroxylation is 1. The summed E-state index contributed by atoms with van der Waals surface area (Å²) >= 11 is 1.45. The number of halogens is 1. The van der Waals surface area contributed by atoms with E-state index in [-0.39, 0.29) is 5.82 Å². The predicted molar refractivity (Wildman–Crippen MR) is 114 cm³/mol. The molecule has 0 saturated heterocycles. The maximum absolute atomic E-state index is 14.1. The molecule has 0 aliphatic carbocycles. The molecule has 29 heavy (non-hydrogen) atoms. The lowest BCUT2D eigenvalue weighted by atomic mass is 10.1. The zero-order chi connectivity index (χ0) is 20.2. The minimum Gasteiger partial charge on any atom is -0.496 e. The molecule has 0 unspecified atom stereocenters. The van der Waals surface area contributed by atoms with Crippen molar-refractivity contribution in [1.82, 2.24) is 14.8 Å². The first-order valence-electron chi connectivity index (χ1n) is 9.19. The molecular weight excluding hydrogens is 385 g/mol. The van der Waals surface area contributed by atoms with E-state index >= 15 is 0 Å². The number of thioether (sulfide) groups is 1. The zero-order valence-electron chi connectivity index (χ0n) is 16.2. The molecule has 0 N–H and O–H groups in total. The predicted octanol–water partition coefficient (Wildman–Crippen LogP) is 5.68. The highest BCUT2D eigenvalue weighted by atomic mass is 32.2. The Morgan fingerprint density at radius 2 is 1.76 bits per heavy atom. The van der Waals surface area contributed by atoms with Gasteiger partial charge in [0.25, 0.3) is 0 Å². The maximum Gasteiger partial charge on any atom is 0.196 e. The Labute approximate surface area is 173 Å². The normalized spacial score (nSPS) is 10.9. The van der Waals surface area contributed by atoms with Gasteiger partial charge in [0.2, 0.25) is 0 Å². The molecule has 0 fully saturated rings. The molecule has 0 spiro atoms. The lowest BCUT2D eigenvalue weighted by Crippen LogP contribution is -2.01. The SMILES string of the molecule is COc1ccccc1-c1nnc(SCc2ccccc2F)n1-c1cccc(C)c1. The number of methoxy groups -OCH3 is 1. The molecule has 3 aromatic carbocycles. The van der Waals surface area contributed by atoms with Crippen molar-refractivity contribution < 1.29 is 9.13 Å². The molecule has 4 rings (SSSR count). The second-order valence-corrected chi connectivity index (χ2v) is 7.50. The van der Waals surface area contributed by atoms with Gasteiger partial charge in [-0.1, -0.05) is 54.2 Å². The Morgan fingerprint density at radius 1 is 0.966 bits per heavy atom. The minimum absolute atomic E-state index is 0.216. The standard InChI is InChI=1S/C23H20FN3OS/c1-16-8-7-10-18(14-16)27-22(19-11-4-6-13-21(19)28-2)25-26-23(27)29-15-17-9-3-5-12-20(17)24/h3-14H,15H2,1-2H3. The van der Waals surface area contributed by atoms with Gasteiger partial charge in [0.1, 0.15) is 11.6 Å². The van der Waals surface area contributed by atoms with Gasteiger partial charge < -0.3 is 4.74 Å². The maximum atomic E-state index is 14.1. The van der Waals surface area contributed by atoms with Crippen molar-refractivity contribution in [1.29, 1.82) is 0 Å². The summed E-state index contributed by atoms with van der Waals surface area (Å²) < 4.78 is 21.6. The molecule has 0 saturated carbocycles. The highest BCUT2D eigenvalue weighted by Gasteiger charge is 2.19. The van der Waals surface area contributed by atoms with E-state index in [1.54, 1.807) is 19.2 Å². The summed E-state index contributed by atoms with van der Waals surface area (Å²) in [6, 6.07) is 22.7. The van der Waals surface area contributed by atoms with Crippen molar-refractivity contribution in [2.24, 2.45) is 0 Å². The van der Waals surface area contributed by atoms with Crippen LogP contribution in [0.3, 0.4) is 0 Å². The quantitative estimate of drug-likeness (QED) is 0.387. The van der Waals surface area contributed by atoms with Crippen molar-refractivity contribution in [2.75, 3.05) is 7.11 Å². The summed E-state index contributed by atoms with van der Waals surface area (Å²) in [5.41, 5.74) is 3.57. The van der Waals surface area contributed by atoms with Gasteiger partial charge in [-0.3, -0.25) is 4.57 Å². The molecule has 6 heteroatoms. The number of ether oxygens (including phenoxy) is 1. The van der Waals surface area contributed by atoms with E-state index in [9.17, 15) is 4.39 Å². The molecule has 0 radical (unpaired) electrons. The van der Waals surface area contributed by atoms with Crippen molar-refractivity contribution in [2.45, 2.75) is 17.8 Å². The number of aromatic nitrogens is 3. The zero-order valence-corrected chi connectivity index (χ0v) is 17.0. The van der Waals surface area contributed by atoms with Crippen LogP contribution in [0.1, 0.15) is 11.1 Å². The van der Waals surface area contributed by atoms with Crippen LogP contribution in [-0.4, -0.2) is 21.9 Å². The third-order valence-corrected chi connectivity index (χ3v) is 5.53. The van der Waals surface area contributed by atoms with Crippen LogP contribution < -0.4 is 4.74 Å². The lowest BCUT2D eigenvalue weighted by molar-refractivity contribution is 0.416. The van der Waals surface area contributed by atoms with Crippen molar-refractivity contribution in [3.63, 3.8) is 0 Å². The molecule has 0 aliphatic rings. The van der Waals surface area contributed by atoms with Crippen LogP contribution in [0, 0.1) is 12.7 Å². The first kappa shape index (κ1) is 19.2. The van der Waals surface area contributed by atoms with Gasteiger partial charge in [-0.15, -0.1) is 10.2 Å². The fraction of sp³-hybridized carbons (Fsp3) is 0.130. The highest BCUT2D eigenvalue weighted by molar-refractivity contribution is 7.98. The molecule has 0 amide bonds. The molecule has 1 aromatic heterocycles. The van der Waals surface area contributed by atoms with E-state index in [2.05, 4.69) is 16.3 Å². The van der Waals surface area contributed by atoms with Gasteiger partial charge in [0, 0.05) is 11.4 Å². The van der Waals surface area contributed by atoms with Gasteiger partial charge in [-0.25, -0.2) is 4.39 Å². The molecule has 0 aliphatic heterocycles. The minimum atomic E-state index is -0.216. The van der Waals surface area contributed by atoms with Crippen LogP contribution >= 0.6 is 11.8 Å². The Balaban J connectivity index is 1.80. The van der Waals surface area contributed by atoms with Crippen LogP contribution in [0.2, 0.25) is 0 Å². The van der Waals surface area contributed by atoms with Crippen molar-refractivity contribution >= 4 is 11.8 Å². The van der Waals surface area contributed by atoms with Crippen LogP contribution in [0.5, 0.6) is 5.75 Å². The summed E-state index contributed by atoms with van der Waals surface area (Å²) in [4.78, 5) is 0. The van der Waals surface area contributed by atoms with Crippen LogP contribution in [0.25, 0.3) is 17.1 Å². The van der Waals surface area contributed by atoms with E-state index in [4.69, 9.17) is 4.74 Å². The topological polar surface area (TPSA) is 39.9 Å². The smallest absolute Gasteiger partial charge is 0.196 e. The summed E-state index contributed by atoms with van der Waals surface area (Å²) in [6.45, 7) is 2.04. The summed E-state index contributed by atoms with van der Waals surface area (Å²) in [6.07, 6.45) is 0. The second kappa shape index (κ2) is 8.49. The molecule has 4 aromatic rings. The molecule has 4 nitrogen and oxygen atoms in total. The molecular formula is C23H20FN3OS. The Bertz CT molecular complexity index is 1140.